The van der Waals surface area contributed by atoms with Gasteiger partial charge in [0, 0.05) is 47.1 Å². The molecule has 0 spiro atoms. The SMILES string of the molecule is CS(=O)CCCNC(=O)c1ccc2c(c1)CCCN2. The maximum Gasteiger partial charge on any atom is 0.251 e. The van der Waals surface area contributed by atoms with Crippen LogP contribution in [0.1, 0.15) is 28.8 Å². The van der Waals surface area contributed by atoms with Crippen LogP contribution in [0, 0.1) is 0 Å². The number of aryl methyl sites for hydroxylation is 1. The molecule has 4 nitrogen and oxygen atoms in total. The second kappa shape index (κ2) is 6.70. The summed E-state index contributed by atoms with van der Waals surface area (Å²) in [5, 5.41) is 6.20. The molecular formula is C14H20N2O2S. The highest BCUT2D eigenvalue weighted by atomic mass is 32.2. The van der Waals surface area contributed by atoms with Gasteiger partial charge < -0.3 is 10.6 Å². The number of amides is 1. The Morgan fingerprint density at radius 2 is 2.32 bits per heavy atom. The summed E-state index contributed by atoms with van der Waals surface area (Å²) in [5.74, 6) is 0.587. The molecule has 1 aromatic rings. The Hall–Kier alpha value is -1.36. The number of hydrogen-bond donors (Lipinski definition) is 2. The largest absolute Gasteiger partial charge is 0.385 e. The van der Waals surface area contributed by atoms with E-state index < -0.39 is 10.8 Å². The molecule has 0 radical (unpaired) electrons. The summed E-state index contributed by atoms with van der Waals surface area (Å²) in [5.41, 5.74) is 3.07. The second-order valence-corrected chi connectivity index (χ2v) is 6.34. The van der Waals surface area contributed by atoms with Crippen LogP contribution in [-0.4, -0.2) is 35.2 Å². The number of rotatable bonds is 5. The first kappa shape index (κ1) is 14.1. The van der Waals surface area contributed by atoms with Gasteiger partial charge in [-0.2, -0.15) is 0 Å². The van der Waals surface area contributed by atoms with Crippen LogP contribution in [0.25, 0.3) is 0 Å². The number of anilines is 1. The van der Waals surface area contributed by atoms with Crippen LogP contribution >= 0.6 is 0 Å². The summed E-state index contributed by atoms with van der Waals surface area (Å²) in [6.45, 7) is 1.58. The molecule has 2 N–H and O–H groups in total. The summed E-state index contributed by atoms with van der Waals surface area (Å²) in [7, 11) is -0.786. The maximum atomic E-state index is 12.0. The van der Waals surface area contributed by atoms with Gasteiger partial charge in [-0.15, -0.1) is 0 Å². The number of carbonyl (C=O) groups excluding carboxylic acids is 1. The Kier molecular flexibility index (Phi) is 4.96. The average Bonchev–Trinajstić information content (AvgIpc) is 2.42. The molecular weight excluding hydrogens is 260 g/mol. The summed E-state index contributed by atoms with van der Waals surface area (Å²) < 4.78 is 10.9. The normalized spacial score (nSPS) is 15.2. The molecule has 0 aromatic heterocycles. The molecule has 1 aromatic carbocycles. The van der Waals surface area contributed by atoms with Crippen LogP contribution in [0.5, 0.6) is 0 Å². The molecule has 5 heteroatoms. The summed E-state index contributed by atoms with van der Waals surface area (Å²) >= 11 is 0. The molecule has 0 saturated heterocycles. The molecule has 2 rings (SSSR count). The Bertz CT molecular complexity index is 488. The van der Waals surface area contributed by atoms with Crippen molar-refractivity contribution >= 4 is 22.4 Å². The predicted octanol–water partition coefficient (Wildman–Crippen LogP) is 1.54. The fourth-order valence-corrected chi connectivity index (χ4v) is 2.75. The van der Waals surface area contributed by atoms with Gasteiger partial charge in [0.05, 0.1) is 0 Å². The zero-order valence-corrected chi connectivity index (χ0v) is 12.0. The lowest BCUT2D eigenvalue weighted by molar-refractivity contribution is 0.0953. The predicted molar refractivity (Wildman–Crippen MR) is 79.1 cm³/mol. The average molecular weight is 280 g/mol. The van der Waals surface area contributed by atoms with Gasteiger partial charge in [-0.25, -0.2) is 0 Å². The third-order valence-corrected chi connectivity index (χ3v) is 4.06. The molecule has 0 aliphatic carbocycles. The Morgan fingerprint density at radius 1 is 1.47 bits per heavy atom. The van der Waals surface area contributed by atoms with Crippen molar-refractivity contribution < 1.29 is 9.00 Å². The van der Waals surface area contributed by atoms with Crippen molar-refractivity contribution in [3.8, 4) is 0 Å². The highest BCUT2D eigenvalue weighted by Gasteiger charge is 2.12. The van der Waals surface area contributed by atoms with E-state index in [1.54, 1.807) is 6.26 Å². The molecule has 0 bridgehead atoms. The number of carbonyl (C=O) groups is 1. The first-order chi connectivity index (χ1) is 9.16. The van der Waals surface area contributed by atoms with Gasteiger partial charge in [-0.1, -0.05) is 0 Å². The Balaban J connectivity index is 1.90. The topological polar surface area (TPSA) is 58.2 Å². The van der Waals surface area contributed by atoms with Gasteiger partial charge in [0.2, 0.25) is 0 Å². The fourth-order valence-electron chi connectivity index (χ4n) is 2.20. The van der Waals surface area contributed by atoms with Crippen molar-refractivity contribution in [1.29, 1.82) is 0 Å². The van der Waals surface area contributed by atoms with Crippen LogP contribution in [0.15, 0.2) is 18.2 Å². The van der Waals surface area contributed by atoms with Crippen molar-refractivity contribution in [3.05, 3.63) is 29.3 Å². The van der Waals surface area contributed by atoms with Crippen molar-refractivity contribution in [2.24, 2.45) is 0 Å². The zero-order chi connectivity index (χ0) is 13.7. The van der Waals surface area contributed by atoms with Crippen LogP contribution in [-0.2, 0) is 17.2 Å². The van der Waals surface area contributed by atoms with Gasteiger partial charge >= 0.3 is 0 Å². The molecule has 1 aliphatic heterocycles. The van der Waals surface area contributed by atoms with Crippen molar-refractivity contribution in [3.63, 3.8) is 0 Å². The Morgan fingerprint density at radius 3 is 3.11 bits per heavy atom. The van der Waals surface area contributed by atoms with Gasteiger partial charge in [0.1, 0.15) is 0 Å². The lowest BCUT2D eigenvalue weighted by Crippen LogP contribution is -2.25. The van der Waals surface area contributed by atoms with E-state index in [9.17, 15) is 9.00 Å². The molecule has 1 unspecified atom stereocenters. The van der Waals surface area contributed by atoms with Crippen molar-refractivity contribution in [2.45, 2.75) is 19.3 Å². The van der Waals surface area contributed by atoms with E-state index in [1.165, 1.54) is 5.56 Å². The first-order valence-electron chi connectivity index (χ1n) is 6.62. The molecule has 1 amide bonds. The second-order valence-electron chi connectivity index (χ2n) is 4.79. The van der Waals surface area contributed by atoms with Gasteiger partial charge in [0.15, 0.2) is 0 Å². The molecule has 1 heterocycles. The molecule has 0 saturated carbocycles. The molecule has 19 heavy (non-hydrogen) atoms. The number of nitrogens with one attached hydrogen (secondary N) is 2. The Labute approximate surface area is 116 Å². The minimum Gasteiger partial charge on any atom is -0.385 e. The highest BCUT2D eigenvalue weighted by Crippen LogP contribution is 2.22. The lowest BCUT2D eigenvalue weighted by atomic mass is 10.0. The quantitative estimate of drug-likeness (QED) is 0.805. The summed E-state index contributed by atoms with van der Waals surface area (Å²) in [6.07, 6.45) is 4.57. The molecule has 104 valence electrons. The smallest absolute Gasteiger partial charge is 0.251 e. The third kappa shape index (κ3) is 4.06. The maximum absolute atomic E-state index is 12.0. The molecule has 1 atom stereocenters. The van der Waals surface area contributed by atoms with Gasteiger partial charge in [-0.3, -0.25) is 9.00 Å². The first-order valence-corrected chi connectivity index (χ1v) is 8.34. The highest BCUT2D eigenvalue weighted by molar-refractivity contribution is 7.84. The van der Waals surface area contributed by atoms with E-state index in [4.69, 9.17) is 0 Å². The number of hydrogen-bond acceptors (Lipinski definition) is 3. The van der Waals surface area contributed by atoms with E-state index in [0.29, 0.717) is 17.9 Å². The van der Waals surface area contributed by atoms with E-state index in [1.807, 2.05) is 18.2 Å². The van der Waals surface area contributed by atoms with Crippen molar-refractivity contribution in [2.75, 3.05) is 30.4 Å². The van der Waals surface area contributed by atoms with Gasteiger partial charge in [-0.05, 0) is 43.0 Å². The molecule has 0 fully saturated rings. The van der Waals surface area contributed by atoms with E-state index >= 15 is 0 Å². The van der Waals surface area contributed by atoms with Crippen LogP contribution in [0.3, 0.4) is 0 Å². The van der Waals surface area contributed by atoms with Crippen LogP contribution < -0.4 is 10.6 Å². The van der Waals surface area contributed by atoms with Gasteiger partial charge in [0.25, 0.3) is 5.91 Å². The van der Waals surface area contributed by atoms with Crippen LogP contribution in [0.2, 0.25) is 0 Å². The van der Waals surface area contributed by atoms with E-state index in [-0.39, 0.29) is 5.91 Å². The van der Waals surface area contributed by atoms with E-state index in [0.717, 1.165) is 31.5 Å². The lowest BCUT2D eigenvalue weighted by Gasteiger charge is -2.18. The van der Waals surface area contributed by atoms with E-state index in [2.05, 4.69) is 10.6 Å². The number of fused-ring (bicyclic) bond motifs is 1. The standard InChI is InChI=1S/C14H20N2O2S/c1-19(18)9-3-8-16-14(17)12-5-6-13-11(10-12)4-2-7-15-13/h5-6,10,15H,2-4,7-9H2,1H3,(H,16,17). The monoisotopic (exact) mass is 280 g/mol. The van der Waals surface area contributed by atoms with Crippen molar-refractivity contribution in [1.82, 2.24) is 5.32 Å². The number of benzene rings is 1. The fraction of sp³-hybridized carbons (Fsp3) is 0.500. The third-order valence-electron chi connectivity index (χ3n) is 3.20. The molecule has 1 aliphatic rings. The minimum atomic E-state index is -0.786. The minimum absolute atomic E-state index is 0.0461. The zero-order valence-electron chi connectivity index (χ0n) is 11.2. The summed E-state index contributed by atoms with van der Waals surface area (Å²) in [4.78, 5) is 12.0. The van der Waals surface area contributed by atoms with Crippen LogP contribution in [0.4, 0.5) is 5.69 Å². The summed E-state index contributed by atoms with van der Waals surface area (Å²) in [6, 6.07) is 5.80.